The van der Waals surface area contributed by atoms with E-state index in [1.54, 1.807) is 18.2 Å². The summed E-state index contributed by atoms with van der Waals surface area (Å²) in [6.07, 6.45) is 0.0871. The molecular weight excluding hydrogens is 398 g/mol. The minimum absolute atomic E-state index is 0.0579. The zero-order valence-corrected chi connectivity index (χ0v) is 19.1. The zero-order chi connectivity index (χ0) is 22.1. The molecule has 0 fully saturated rings. The Labute approximate surface area is 180 Å². The van der Waals surface area contributed by atoms with Crippen LogP contribution in [0.1, 0.15) is 43.0 Å². The highest BCUT2D eigenvalue weighted by Gasteiger charge is 2.19. The van der Waals surface area contributed by atoms with Gasteiger partial charge in [-0.25, -0.2) is 13.1 Å². The van der Waals surface area contributed by atoms with Crippen molar-refractivity contribution in [3.8, 4) is 0 Å². The topological polar surface area (TPSA) is 78.5 Å². The van der Waals surface area contributed by atoms with Gasteiger partial charge in [0.2, 0.25) is 15.9 Å². The van der Waals surface area contributed by atoms with E-state index in [4.69, 9.17) is 0 Å². The molecule has 1 amide bonds. The molecule has 1 atom stereocenters. The molecule has 0 saturated carbocycles. The van der Waals surface area contributed by atoms with E-state index in [-0.39, 0.29) is 29.8 Å². The molecule has 0 heterocycles. The molecule has 2 aromatic rings. The molecule has 0 aliphatic carbocycles. The second-order valence-electron chi connectivity index (χ2n) is 7.35. The maximum Gasteiger partial charge on any atom is 0.240 e. The Hall–Kier alpha value is -2.22. The summed E-state index contributed by atoms with van der Waals surface area (Å²) in [5.41, 5.74) is 3.10. The zero-order valence-electron chi connectivity index (χ0n) is 18.3. The predicted molar refractivity (Wildman–Crippen MR) is 121 cm³/mol. The first-order valence-electron chi connectivity index (χ1n) is 10.4. The fraction of sp³-hybridized carbons (Fsp3) is 0.435. The summed E-state index contributed by atoms with van der Waals surface area (Å²) >= 11 is 0. The second kappa shape index (κ2) is 11.2. The van der Waals surface area contributed by atoms with Gasteiger partial charge >= 0.3 is 0 Å². The molecule has 2 N–H and O–H groups in total. The number of carbonyl (C=O) groups excluding carboxylic acids is 1. The summed E-state index contributed by atoms with van der Waals surface area (Å²) in [5, 5.41) is 2.96. The van der Waals surface area contributed by atoms with Crippen molar-refractivity contribution in [2.45, 2.75) is 45.1 Å². The molecule has 164 valence electrons. The van der Waals surface area contributed by atoms with Crippen LogP contribution in [0.2, 0.25) is 0 Å². The van der Waals surface area contributed by atoms with Crippen LogP contribution in [0.4, 0.5) is 0 Å². The minimum Gasteiger partial charge on any atom is -0.354 e. The van der Waals surface area contributed by atoms with Gasteiger partial charge in [-0.3, -0.25) is 9.69 Å². The molecule has 0 aromatic heterocycles. The highest BCUT2D eigenvalue weighted by molar-refractivity contribution is 7.89. The Morgan fingerprint density at radius 1 is 1.00 bits per heavy atom. The maximum absolute atomic E-state index is 12.4. The molecule has 0 aliphatic rings. The van der Waals surface area contributed by atoms with Crippen molar-refractivity contribution in [3.05, 3.63) is 65.2 Å². The highest BCUT2D eigenvalue weighted by Crippen LogP contribution is 2.19. The number of likely N-dealkylation sites (N-methyl/N-ethyl adjacent to an activating group) is 1. The van der Waals surface area contributed by atoms with E-state index in [2.05, 4.69) is 40.9 Å². The summed E-state index contributed by atoms with van der Waals surface area (Å²) in [4.78, 5) is 14.8. The van der Waals surface area contributed by atoms with Crippen LogP contribution in [0.15, 0.2) is 53.4 Å². The third-order valence-corrected chi connectivity index (χ3v) is 6.82. The average molecular weight is 432 g/mol. The molecule has 0 aliphatic heterocycles. The molecule has 30 heavy (non-hydrogen) atoms. The number of nitrogens with zero attached hydrogens (tertiary/aromatic N) is 1. The van der Waals surface area contributed by atoms with E-state index in [0.717, 1.165) is 29.8 Å². The van der Waals surface area contributed by atoms with Gasteiger partial charge in [-0.05, 0) is 55.8 Å². The molecule has 1 unspecified atom stereocenters. The normalized spacial score (nSPS) is 12.7. The summed E-state index contributed by atoms with van der Waals surface area (Å²) < 4.78 is 27.4. The lowest BCUT2D eigenvalue weighted by atomic mass is 10.1. The van der Waals surface area contributed by atoms with Crippen molar-refractivity contribution >= 4 is 15.9 Å². The summed E-state index contributed by atoms with van der Waals surface area (Å²) in [6, 6.07) is 15.2. The van der Waals surface area contributed by atoms with Crippen LogP contribution in [0, 0.1) is 13.8 Å². The number of nitrogens with one attached hydrogen (secondary N) is 2. The Morgan fingerprint density at radius 3 is 2.27 bits per heavy atom. The fourth-order valence-corrected chi connectivity index (χ4v) is 4.48. The fourth-order valence-electron chi connectivity index (χ4n) is 3.36. The van der Waals surface area contributed by atoms with Gasteiger partial charge < -0.3 is 5.32 Å². The molecule has 0 radical (unpaired) electrons. The second-order valence-corrected chi connectivity index (χ2v) is 9.11. The number of hydrogen-bond donors (Lipinski definition) is 2. The van der Waals surface area contributed by atoms with Crippen molar-refractivity contribution < 1.29 is 13.2 Å². The van der Waals surface area contributed by atoms with Crippen LogP contribution >= 0.6 is 0 Å². The van der Waals surface area contributed by atoms with Gasteiger partial charge in [0.1, 0.15) is 0 Å². The summed E-state index contributed by atoms with van der Waals surface area (Å²) in [6.45, 7) is 10.3. The van der Waals surface area contributed by atoms with E-state index in [9.17, 15) is 13.2 Å². The van der Waals surface area contributed by atoms with Crippen LogP contribution in [-0.4, -0.2) is 45.4 Å². The number of benzene rings is 2. The standard InChI is InChI=1S/C23H33N3O3S/c1-5-26(6-2)22(20-10-8-7-9-11-20)17-24-23(27)14-15-25-30(28,29)21-13-12-18(3)19(4)16-21/h7-13,16,22,25H,5-6,14-15,17H2,1-4H3,(H,24,27). The largest absolute Gasteiger partial charge is 0.354 e. The van der Waals surface area contributed by atoms with Gasteiger partial charge in [0, 0.05) is 19.5 Å². The van der Waals surface area contributed by atoms with Gasteiger partial charge in [0.25, 0.3) is 0 Å². The van der Waals surface area contributed by atoms with Gasteiger partial charge in [-0.1, -0.05) is 50.2 Å². The third kappa shape index (κ3) is 6.65. The van der Waals surface area contributed by atoms with E-state index in [0.29, 0.717) is 6.54 Å². The van der Waals surface area contributed by atoms with Crippen LogP contribution < -0.4 is 10.0 Å². The van der Waals surface area contributed by atoms with Crippen LogP contribution in [-0.2, 0) is 14.8 Å². The molecule has 6 nitrogen and oxygen atoms in total. The molecule has 0 spiro atoms. The first-order chi connectivity index (χ1) is 14.3. The van der Waals surface area contributed by atoms with Crippen LogP contribution in [0.3, 0.4) is 0 Å². The van der Waals surface area contributed by atoms with E-state index in [1.807, 2.05) is 32.0 Å². The van der Waals surface area contributed by atoms with Crippen molar-refractivity contribution in [3.63, 3.8) is 0 Å². The average Bonchev–Trinajstić information content (AvgIpc) is 2.73. The summed E-state index contributed by atoms with van der Waals surface area (Å²) in [5.74, 6) is -0.175. The van der Waals surface area contributed by atoms with Gasteiger partial charge in [-0.15, -0.1) is 0 Å². The Balaban J connectivity index is 1.90. The molecule has 0 bridgehead atoms. The number of carbonyl (C=O) groups is 1. The lowest BCUT2D eigenvalue weighted by Crippen LogP contribution is -2.39. The monoisotopic (exact) mass is 431 g/mol. The lowest BCUT2D eigenvalue weighted by Gasteiger charge is -2.30. The predicted octanol–water partition coefficient (Wildman–Crippen LogP) is 3.17. The number of amides is 1. The number of sulfonamides is 1. The van der Waals surface area contributed by atoms with Gasteiger partial charge in [0.05, 0.1) is 10.9 Å². The molecule has 7 heteroatoms. The highest BCUT2D eigenvalue weighted by atomic mass is 32.2. The van der Waals surface area contributed by atoms with E-state index < -0.39 is 10.0 Å². The Bertz CT molecular complexity index is 926. The maximum atomic E-state index is 12.4. The first kappa shape index (κ1) is 24.1. The molecule has 2 rings (SSSR count). The summed E-state index contributed by atoms with van der Waals surface area (Å²) in [7, 11) is -3.63. The number of aryl methyl sites for hydroxylation is 2. The lowest BCUT2D eigenvalue weighted by molar-refractivity contribution is -0.121. The van der Waals surface area contributed by atoms with Gasteiger partial charge in [0.15, 0.2) is 0 Å². The number of rotatable bonds is 11. The van der Waals surface area contributed by atoms with Crippen molar-refractivity contribution in [2.24, 2.45) is 0 Å². The molecule has 0 saturated heterocycles. The number of hydrogen-bond acceptors (Lipinski definition) is 4. The van der Waals surface area contributed by atoms with Crippen molar-refractivity contribution in [1.29, 1.82) is 0 Å². The van der Waals surface area contributed by atoms with Crippen molar-refractivity contribution in [1.82, 2.24) is 14.9 Å². The third-order valence-electron chi connectivity index (χ3n) is 5.36. The SMILES string of the molecule is CCN(CC)C(CNC(=O)CCNS(=O)(=O)c1ccc(C)c(C)c1)c1ccccc1. The van der Waals surface area contributed by atoms with Crippen molar-refractivity contribution in [2.75, 3.05) is 26.2 Å². The Morgan fingerprint density at radius 2 is 1.67 bits per heavy atom. The van der Waals surface area contributed by atoms with Crippen LogP contribution in [0.5, 0.6) is 0 Å². The minimum atomic E-state index is -3.63. The van der Waals surface area contributed by atoms with E-state index in [1.165, 1.54) is 0 Å². The first-order valence-corrected chi connectivity index (χ1v) is 11.9. The van der Waals surface area contributed by atoms with Crippen LogP contribution in [0.25, 0.3) is 0 Å². The van der Waals surface area contributed by atoms with Gasteiger partial charge in [-0.2, -0.15) is 0 Å². The quantitative estimate of drug-likeness (QED) is 0.573. The smallest absolute Gasteiger partial charge is 0.240 e. The Kier molecular flexibility index (Phi) is 9.02. The molecule has 2 aromatic carbocycles. The molecular formula is C23H33N3O3S. The van der Waals surface area contributed by atoms with E-state index >= 15 is 0 Å².